The van der Waals surface area contributed by atoms with Gasteiger partial charge in [-0.3, -0.25) is 0 Å². The fourth-order valence-corrected chi connectivity index (χ4v) is 3.04. The normalized spacial score (nSPS) is 11.3. The van der Waals surface area contributed by atoms with Gasteiger partial charge in [0.1, 0.15) is 10.2 Å². The van der Waals surface area contributed by atoms with E-state index in [1.165, 1.54) is 0 Å². The van der Waals surface area contributed by atoms with Gasteiger partial charge in [0.15, 0.2) is 8.67 Å². The van der Waals surface area contributed by atoms with Crippen LogP contribution in [0.5, 0.6) is 0 Å². The minimum Gasteiger partial charge on any atom is -0.239 e. The monoisotopic (exact) mass is 172 g/mol. The van der Waals surface area contributed by atoms with Gasteiger partial charge in [0, 0.05) is 0 Å². The lowest BCUT2D eigenvalue weighted by atomic mass is 10.4. The second-order valence-electron chi connectivity index (χ2n) is 1.98. The van der Waals surface area contributed by atoms with E-state index in [1.807, 2.05) is 30.3 Å². The lowest BCUT2D eigenvalue weighted by molar-refractivity contribution is 0.625. The smallest absolute Gasteiger partial charge is 0.191 e. The van der Waals surface area contributed by atoms with Crippen molar-refractivity contribution in [2.24, 2.45) is 0 Å². The quantitative estimate of drug-likeness (QED) is 0.459. The Morgan fingerprint density at radius 3 is 2.20 bits per heavy atom. The second kappa shape index (κ2) is 3.53. The van der Waals surface area contributed by atoms with Crippen LogP contribution in [0.25, 0.3) is 0 Å². The fourth-order valence-electron chi connectivity index (χ4n) is 0.732. The first-order valence-electron chi connectivity index (χ1n) is 2.95. The summed E-state index contributed by atoms with van der Waals surface area (Å²) < 4.78 is 20.5. The van der Waals surface area contributed by atoms with Crippen LogP contribution in [0.1, 0.15) is 0 Å². The van der Waals surface area contributed by atoms with Crippen LogP contribution in [0.2, 0.25) is 0 Å². The number of benzene rings is 1. The van der Waals surface area contributed by atoms with Crippen LogP contribution in [-0.2, 0) is 10.2 Å². The Morgan fingerprint density at radius 1 is 1.10 bits per heavy atom. The zero-order valence-corrected chi connectivity index (χ0v) is 7.67. The lowest BCUT2D eigenvalue weighted by Gasteiger charge is -1.88. The maximum atomic E-state index is 10.3. The molecule has 1 aromatic carbocycles. The Balaban J connectivity index is 2.77. The summed E-state index contributed by atoms with van der Waals surface area (Å²) in [5, 5.41) is 0.985. The molecule has 4 heteroatoms. The summed E-state index contributed by atoms with van der Waals surface area (Å²) in [4.78, 5) is 0. The molecule has 1 aromatic rings. The van der Waals surface area contributed by atoms with Crippen molar-refractivity contribution in [2.75, 3.05) is 0 Å². The van der Waals surface area contributed by atoms with Gasteiger partial charge in [0.2, 0.25) is 0 Å². The van der Waals surface area contributed by atoms with Gasteiger partial charge in [-0.2, -0.15) is 0 Å². The summed E-state index contributed by atoms with van der Waals surface area (Å²) in [5.74, 6) is 0. The van der Waals surface area contributed by atoms with E-state index in [0.29, 0.717) is 0 Å². The van der Waals surface area contributed by atoms with Crippen molar-refractivity contribution in [3.63, 3.8) is 0 Å². The first kappa shape index (κ1) is 7.49. The molecule has 0 aliphatic rings. The van der Waals surface area contributed by atoms with E-state index in [0.717, 1.165) is 5.19 Å². The highest BCUT2D eigenvalue weighted by Gasteiger charge is 1.91. The number of rotatable bonds is 2. The number of hydrogen-bond donors (Lipinski definition) is 1. The van der Waals surface area contributed by atoms with Crippen LogP contribution in [-0.4, -0.2) is 17.1 Å². The number of hydrogen-bond acceptors (Lipinski definition) is 2. The largest absolute Gasteiger partial charge is 0.239 e. The highest BCUT2D eigenvalue weighted by molar-refractivity contribution is 8.01. The van der Waals surface area contributed by atoms with Crippen LogP contribution >= 0.6 is 0 Å². The van der Waals surface area contributed by atoms with E-state index >= 15 is 0 Å². The van der Waals surface area contributed by atoms with Crippen molar-refractivity contribution < 1.29 is 8.42 Å². The van der Waals surface area contributed by atoms with Crippen LogP contribution in [0.3, 0.4) is 0 Å². The third-order valence-corrected chi connectivity index (χ3v) is 4.12. The van der Waals surface area contributed by atoms with Crippen LogP contribution in [0.4, 0.5) is 0 Å². The molecule has 0 spiro atoms. The molecule has 1 rings (SSSR count). The Kier molecular flexibility index (Phi) is 2.64. The Labute approximate surface area is 63.3 Å². The van der Waals surface area contributed by atoms with Crippen molar-refractivity contribution in [1.29, 1.82) is 0 Å². The van der Waals surface area contributed by atoms with Gasteiger partial charge < -0.3 is 0 Å². The third kappa shape index (κ3) is 2.32. The van der Waals surface area contributed by atoms with Gasteiger partial charge in [-0.25, -0.2) is 8.42 Å². The molecular formula is C6H8O2SSi. The first-order valence-corrected chi connectivity index (χ1v) is 6.91. The summed E-state index contributed by atoms with van der Waals surface area (Å²) >= 11 is 0. The topological polar surface area (TPSA) is 34.1 Å². The molecule has 0 amide bonds. The minimum atomic E-state index is -2.14. The average molecular weight is 172 g/mol. The summed E-state index contributed by atoms with van der Waals surface area (Å²) in [6, 6.07) is 9.33. The molecule has 0 heterocycles. The van der Waals surface area contributed by atoms with Gasteiger partial charge in [-0.15, -0.1) is 0 Å². The van der Waals surface area contributed by atoms with Crippen LogP contribution in [0.15, 0.2) is 30.3 Å². The average Bonchev–Trinajstić information content (AvgIpc) is 1.88. The second-order valence-corrected chi connectivity index (χ2v) is 6.27. The number of thiol groups is 1. The SMILES string of the molecule is O=[SH](=O)[SiH2]c1ccccc1. The molecule has 0 unspecified atom stereocenters. The standard InChI is InChI=1S/C6H8O2SSi/c7-9(8)10-6-4-2-1-3-5-6/h1-5,9H,10H2. The summed E-state index contributed by atoms with van der Waals surface area (Å²) in [6.45, 7) is 0. The van der Waals surface area contributed by atoms with Crippen molar-refractivity contribution in [2.45, 2.75) is 0 Å². The van der Waals surface area contributed by atoms with Crippen molar-refractivity contribution in [3.05, 3.63) is 30.3 Å². The Morgan fingerprint density at radius 2 is 1.70 bits per heavy atom. The zero-order valence-electron chi connectivity index (χ0n) is 5.36. The highest BCUT2D eigenvalue weighted by atomic mass is 32.4. The molecule has 0 aromatic heterocycles. The van der Waals surface area contributed by atoms with E-state index in [4.69, 9.17) is 0 Å². The summed E-state index contributed by atoms with van der Waals surface area (Å²) in [6.07, 6.45) is 0. The van der Waals surface area contributed by atoms with Gasteiger partial charge in [-0.05, 0) is 5.19 Å². The minimum absolute atomic E-state index is 0.985. The Hall–Kier alpha value is -0.613. The maximum absolute atomic E-state index is 10.3. The summed E-state index contributed by atoms with van der Waals surface area (Å²) in [5.41, 5.74) is 0. The third-order valence-electron chi connectivity index (χ3n) is 1.15. The predicted octanol–water partition coefficient (Wildman–Crippen LogP) is -0.993. The molecular weight excluding hydrogens is 164 g/mol. The molecule has 0 N–H and O–H groups in total. The molecule has 0 aliphatic heterocycles. The van der Waals surface area contributed by atoms with E-state index in [9.17, 15) is 8.42 Å². The summed E-state index contributed by atoms with van der Waals surface area (Å²) in [7, 11) is -3.16. The Bertz CT molecular complexity index is 260. The molecule has 0 aliphatic carbocycles. The fraction of sp³-hybridized carbons (Fsp3) is 0. The predicted molar refractivity (Wildman–Crippen MR) is 44.9 cm³/mol. The van der Waals surface area contributed by atoms with E-state index in [1.54, 1.807) is 0 Å². The molecule has 0 atom stereocenters. The maximum Gasteiger partial charge on any atom is 0.191 e. The van der Waals surface area contributed by atoms with Crippen LogP contribution in [0, 0.1) is 0 Å². The molecule has 0 fully saturated rings. The van der Waals surface area contributed by atoms with Gasteiger partial charge >= 0.3 is 0 Å². The van der Waals surface area contributed by atoms with Crippen molar-refractivity contribution in [3.8, 4) is 0 Å². The van der Waals surface area contributed by atoms with E-state index in [2.05, 4.69) is 0 Å². The molecule has 0 saturated heterocycles. The van der Waals surface area contributed by atoms with Crippen molar-refractivity contribution >= 4 is 24.0 Å². The lowest BCUT2D eigenvalue weighted by Crippen LogP contribution is -2.13. The van der Waals surface area contributed by atoms with Crippen molar-refractivity contribution in [1.82, 2.24) is 0 Å². The van der Waals surface area contributed by atoms with E-state index < -0.39 is 18.8 Å². The molecule has 2 nitrogen and oxygen atoms in total. The molecule has 54 valence electrons. The highest BCUT2D eigenvalue weighted by Crippen LogP contribution is 1.80. The van der Waals surface area contributed by atoms with Gasteiger partial charge in [-0.1, -0.05) is 30.3 Å². The van der Waals surface area contributed by atoms with Crippen LogP contribution < -0.4 is 5.19 Å². The molecule has 10 heavy (non-hydrogen) atoms. The molecule has 0 radical (unpaired) electrons. The first-order chi connectivity index (χ1) is 4.79. The molecule has 0 bridgehead atoms. The van der Waals surface area contributed by atoms with Gasteiger partial charge in [0.05, 0.1) is 0 Å². The van der Waals surface area contributed by atoms with Gasteiger partial charge in [0.25, 0.3) is 0 Å². The molecule has 0 saturated carbocycles. The van der Waals surface area contributed by atoms with E-state index in [-0.39, 0.29) is 0 Å². The zero-order chi connectivity index (χ0) is 7.40.